The van der Waals surface area contributed by atoms with Gasteiger partial charge in [-0.25, -0.2) is 0 Å². The number of benzene rings is 2. The Morgan fingerprint density at radius 2 is 1.86 bits per heavy atom. The zero-order chi connectivity index (χ0) is 15.9. The predicted molar refractivity (Wildman–Crippen MR) is 83.9 cm³/mol. The first-order chi connectivity index (χ1) is 10.6. The molecule has 0 heterocycles. The molecule has 22 heavy (non-hydrogen) atoms. The van der Waals surface area contributed by atoms with Crippen molar-refractivity contribution in [3.63, 3.8) is 0 Å². The van der Waals surface area contributed by atoms with E-state index in [1.165, 1.54) is 12.1 Å². The van der Waals surface area contributed by atoms with Crippen LogP contribution in [-0.2, 0) is 0 Å². The minimum Gasteiger partial charge on any atom is -0.492 e. The van der Waals surface area contributed by atoms with Gasteiger partial charge < -0.3 is 10.1 Å². The van der Waals surface area contributed by atoms with Crippen molar-refractivity contribution in [3.05, 3.63) is 54.1 Å². The molecule has 0 unspecified atom stereocenters. The van der Waals surface area contributed by atoms with Gasteiger partial charge in [0.15, 0.2) is 0 Å². The van der Waals surface area contributed by atoms with Crippen LogP contribution in [0.4, 0.5) is 14.5 Å². The minimum absolute atomic E-state index is 0.208. The van der Waals surface area contributed by atoms with Crippen molar-refractivity contribution in [1.82, 2.24) is 0 Å². The van der Waals surface area contributed by atoms with Crippen molar-refractivity contribution < 1.29 is 18.3 Å². The Morgan fingerprint density at radius 3 is 2.59 bits per heavy atom. The van der Waals surface area contributed by atoms with Crippen LogP contribution in [0, 0.1) is 0 Å². The summed E-state index contributed by atoms with van der Waals surface area (Å²) >= 11 is 0.353. The lowest BCUT2D eigenvalue weighted by Gasteiger charge is -2.13. The summed E-state index contributed by atoms with van der Waals surface area (Å²) in [5, 5.41) is 2.70. The maximum atomic E-state index is 12.6. The fourth-order valence-electron chi connectivity index (χ4n) is 1.89. The highest BCUT2D eigenvalue weighted by molar-refractivity contribution is 7.99. The number of rotatable bonds is 6. The second kappa shape index (κ2) is 7.79. The van der Waals surface area contributed by atoms with Crippen molar-refractivity contribution in [1.29, 1.82) is 0 Å². The first-order valence-electron chi connectivity index (χ1n) is 6.68. The fraction of sp³-hybridized carbons (Fsp3) is 0.188. The lowest BCUT2D eigenvalue weighted by molar-refractivity contribution is 0.102. The van der Waals surface area contributed by atoms with Crippen molar-refractivity contribution >= 4 is 23.4 Å². The maximum Gasteiger partial charge on any atom is 0.288 e. The first kappa shape index (κ1) is 16.3. The average molecular weight is 323 g/mol. The molecule has 6 heteroatoms. The van der Waals surface area contributed by atoms with Crippen molar-refractivity contribution in [2.45, 2.75) is 17.6 Å². The zero-order valence-electron chi connectivity index (χ0n) is 11.9. The molecule has 2 aromatic carbocycles. The van der Waals surface area contributed by atoms with E-state index in [4.69, 9.17) is 4.74 Å². The van der Waals surface area contributed by atoms with Gasteiger partial charge in [0.25, 0.3) is 11.7 Å². The van der Waals surface area contributed by atoms with Gasteiger partial charge in [-0.2, -0.15) is 8.78 Å². The van der Waals surface area contributed by atoms with Crippen LogP contribution in [-0.4, -0.2) is 18.3 Å². The molecule has 0 radical (unpaired) electrons. The number of carbonyl (C=O) groups is 1. The van der Waals surface area contributed by atoms with E-state index < -0.39 is 11.7 Å². The Kier molecular flexibility index (Phi) is 5.77. The van der Waals surface area contributed by atoms with Crippen LogP contribution in [0.3, 0.4) is 0 Å². The van der Waals surface area contributed by atoms with Gasteiger partial charge in [0.2, 0.25) is 0 Å². The topological polar surface area (TPSA) is 38.3 Å². The molecule has 1 amide bonds. The number of hydrogen-bond donors (Lipinski definition) is 1. The molecule has 0 saturated heterocycles. The number of anilines is 1. The van der Waals surface area contributed by atoms with Crippen LogP contribution >= 0.6 is 11.8 Å². The SMILES string of the molecule is CCOc1ccccc1NC(=O)c1ccccc1SC(F)F. The molecule has 0 aliphatic rings. The maximum absolute atomic E-state index is 12.6. The fourth-order valence-corrected chi connectivity index (χ4v) is 2.53. The van der Waals surface area contributed by atoms with E-state index >= 15 is 0 Å². The minimum atomic E-state index is -2.58. The standard InChI is InChI=1S/C16H15F2NO2S/c1-2-21-13-9-5-4-8-12(13)19-15(20)11-7-3-6-10-14(11)22-16(17)18/h3-10,16H,2H2,1H3,(H,19,20). The van der Waals surface area contributed by atoms with E-state index in [1.54, 1.807) is 36.4 Å². The van der Waals surface area contributed by atoms with E-state index in [9.17, 15) is 13.6 Å². The number of carbonyl (C=O) groups excluding carboxylic acids is 1. The third-order valence-corrected chi connectivity index (χ3v) is 3.57. The lowest BCUT2D eigenvalue weighted by Crippen LogP contribution is -2.14. The number of nitrogens with one attached hydrogen (secondary N) is 1. The van der Waals surface area contributed by atoms with E-state index in [0.717, 1.165) is 0 Å². The van der Waals surface area contributed by atoms with Crippen LogP contribution in [0.2, 0.25) is 0 Å². The normalized spacial score (nSPS) is 10.5. The van der Waals surface area contributed by atoms with Gasteiger partial charge in [-0.3, -0.25) is 4.79 Å². The van der Waals surface area contributed by atoms with Gasteiger partial charge in [-0.05, 0) is 31.2 Å². The molecule has 0 bridgehead atoms. The zero-order valence-corrected chi connectivity index (χ0v) is 12.7. The largest absolute Gasteiger partial charge is 0.492 e. The smallest absolute Gasteiger partial charge is 0.288 e. The molecular formula is C16H15F2NO2S. The number of ether oxygens (including phenoxy) is 1. The molecule has 116 valence electrons. The highest BCUT2D eigenvalue weighted by Crippen LogP contribution is 2.30. The van der Waals surface area contributed by atoms with E-state index in [0.29, 0.717) is 29.8 Å². The highest BCUT2D eigenvalue weighted by atomic mass is 32.2. The van der Waals surface area contributed by atoms with Crippen molar-refractivity contribution in [3.8, 4) is 5.75 Å². The van der Waals surface area contributed by atoms with E-state index in [2.05, 4.69) is 5.32 Å². The average Bonchev–Trinajstić information content (AvgIpc) is 2.49. The molecule has 0 spiro atoms. The van der Waals surface area contributed by atoms with Gasteiger partial charge in [-0.1, -0.05) is 36.0 Å². The van der Waals surface area contributed by atoms with Crippen LogP contribution in [0.25, 0.3) is 0 Å². The third kappa shape index (κ3) is 4.21. The predicted octanol–water partition coefficient (Wildman–Crippen LogP) is 4.65. The number of amides is 1. The Bertz CT molecular complexity index is 650. The van der Waals surface area contributed by atoms with Gasteiger partial charge in [0, 0.05) is 4.90 Å². The number of hydrogen-bond acceptors (Lipinski definition) is 3. The summed E-state index contributed by atoms with van der Waals surface area (Å²) < 4.78 is 30.6. The molecule has 1 N–H and O–H groups in total. The third-order valence-electron chi connectivity index (χ3n) is 2.78. The second-order valence-electron chi connectivity index (χ2n) is 4.26. The molecule has 0 aromatic heterocycles. The molecule has 0 atom stereocenters. The summed E-state index contributed by atoms with van der Waals surface area (Å²) in [6, 6.07) is 13.3. The number of alkyl halides is 2. The summed E-state index contributed by atoms with van der Waals surface area (Å²) in [6.45, 7) is 2.30. The van der Waals surface area contributed by atoms with Crippen LogP contribution in [0.1, 0.15) is 17.3 Å². The summed E-state index contributed by atoms with van der Waals surface area (Å²) in [4.78, 5) is 12.6. The van der Waals surface area contributed by atoms with E-state index in [1.807, 2.05) is 6.92 Å². The molecule has 3 nitrogen and oxygen atoms in total. The molecule has 0 aliphatic carbocycles. The number of thioether (sulfide) groups is 1. The summed E-state index contributed by atoms with van der Waals surface area (Å²) in [7, 11) is 0. The Morgan fingerprint density at radius 1 is 1.18 bits per heavy atom. The van der Waals surface area contributed by atoms with E-state index in [-0.39, 0.29) is 10.5 Å². The Hall–Kier alpha value is -2.08. The van der Waals surface area contributed by atoms with Crippen LogP contribution in [0.5, 0.6) is 5.75 Å². The second-order valence-corrected chi connectivity index (χ2v) is 5.29. The first-order valence-corrected chi connectivity index (χ1v) is 7.56. The summed E-state index contributed by atoms with van der Waals surface area (Å²) in [5.41, 5.74) is 0.713. The van der Waals surface area contributed by atoms with Crippen molar-refractivity contribution in [2.24, 2.45) is 0 Å². The summed E-state index contributed by atoms with van der Waals surface area (Å²) in [5.74, 6) is -2.49. The quantitative estimate of drug-likeness (QED) is 0.786. The molecule has 0 saturated carbocycles. The number of halogens is 2. The molecule has 2 aromatic rings. The highest BCUT2D eigenvalue weighted by Gasteiger charge is 2.16. The molecule has 2 rings (SSSR count). The summed E-state index contributed by atoms with van der Waals surface area (Å²) in [6.07, 6.45) is 0. The van der Waals surface area contributed by atoms with Gasteiger partial charge in [-0.15, -0.1) is 0 Å². The number of para-hydroxylation sites is 2. The van der Waals surface area contributed by atoms with Gasteiger partial charge in [0.05, 0.1) is 17.9 Å². The van der Waals surface area contributed by atoms with Crippen LogP contribution < -0.4 is 10.1 Å². The monoisotopic (exact) mass is 323 g/mol. The molecular weight excluding hydrogens is 308 g/mol. The Balaban J connectivity index is 2.23. The molecule has 0 fully saturated rings. The van der Waals surface area contributed by atoms with Crippen molar-refractivity contribution in [2.75, 3.05) is 11.9 Å². The Labute approximate surface area is 131 Å². The van der Waals surface area contributed by atoms with Crippen LogP contribution in [0.15, 0.2) is 53.4 Å². The molecule has 0 aliphatic heterocycles. The van der Waals surface area contributed by atoms with Gasteiger partial charge in [0.1, 0.15) is 5.75 Å². The lowest BCUT2D eigenvalue weighted by atomic mass is 10.2. The van der Waals surface area contributed by atoms with Gasteiger partial charge >= 0.3 is 0 Å².